The van der Waals surface area contributed by atoms with E-state index in [1.165, 1.54) is 25.3 Å². The van der Waals surface area contributed by atoms with Crippen molar-refractivity contribution in [2.75, 3.05) is 13.7 Å². The van der Waals surface area contributed by atoms with Crippen molar-refractivity contribution in [1.29, 1.82) is 0 Å². The van der Waals surface area contributed by atoms with Gasteiger partial charge in [0.05, 0.1) is 6.42 Å². The van der Waals surface area contributed by atoms with Crippen LogP contribution in [0.2, 0.25) is 5.02 Å². The van der Waals surface area contributed by atoms with E-state index in [9.17, 15) is 14.0 Å². The summed E-state index contributed by atoms with van der Waals surface area (Å²) in [6.45, 7) is 0.402. The number of carboxylic acid groups (broad SMARTS) is 1. The van der Waals surface area contributed by atoms with Crippen molar-refractivity contribution in [1.82, 2.24) is 5.32 Å². The molecule has 0 aliphatic rings. The van der Waals surface area contributed by atoms with Crippen molar-refractivity contribution in [3.05, 3.63) is 34.6 Å². The second-order valence-corrected chi connectivity index (χ2v) is 4.88. The Morgan fingerprint density at radius 3 is 2.76 bits per heavy atom. The van der Waals surface area contributed by atoms with Crippen LogP contribution in [0.25, 0.3) is 0 Å². The third kappa shape index (κ3) is 5.69. The largest absolute Gasteiger partial charge is 0.480 e. The van der Waals surface area contributed by atoms with E-state index in [-0.39, 0.29) is 23.4 Å². The van der Waals surface area contributed by atoms with Gasteiger partial charge in [-0.2, -0.15) is 0 Å². The summed E-state index contributed by atoms with van der Waals surface area (Å²) in [5, 5.41) is 11.5. The summed E-state index contributed by atoms with van der Waals surface area (Å²) in [6, 6.07) is 3.07. The van der Waals surface area contributed by atoms with Crippen LogP contribution in [0.5, 0.6) is 0 Å². The summed E-state index contributed by atoms with van der Waals surface area (Å²) in [6.07, 6.45) is 0.424. The molecule has 0 saturated heterocycles. The summed E-state index contributed by atoms with van der Waals surface area (Å²) in [4.78, 5) is 22.9. The number of halogens is 2. The number of nitrogens with one attached hydrogen (secondary N) is 1. The monoisotopic (exact) mass is 317 g/mol. The van der Waals surface area contributed by atoms with Crippen LogP contribution in [0, 0.1) is 5.82 Å². The molecule has 1 rings (SSSR count). The minimum absolute atomic E-state index is 0.0534. The number of rotatable bonds is 8. The Balaban J connectivity index is 2.63. The Hall–Kier alpha value is -1.66. The predicted molar refractivity (Wildman–Crippen MR) is 75.8 cm³/mol. The molecule has 0 saturated carbocycles. The molecule has 116 valence electrons. The molecule has 0 aliphatic heterocycles. The molecule has 0 bridgehead atoms. The van der Waals surface area contributed by atoms with Crippen LogP contribution < -0.4 is 5.32 Å². The fourth-order valence-electron chi connectivity index (χ4n) is 1.80. The number of carbonyl (C=O) groups is 2. The number of hydrogen-bond donors (Lipinski definition) is 2. The average Bonchev–Trinajstić information content (AvgIpc) is 2.42. The van der Waals surface area contributed by atoms with Crippen molar-refractivity contribution < 1.29 is 23.8 Å². The lowest BCUT2D eigenvalue weighted by molar-refractivity contribution is -0.142. The third-order valence-corrected chi connectivity index (χ3v) is 3.23. The van der Waals surface area contributed by atoms with Crippen LogP contribution in [-0.4, -0.2) is 36.7 Å². The van der Waals surface area contributed by atoms with E-state index in [1.54, 1.807) is 0 Å². The number of amides is 1. The Kier molecular flexibility index (Phi) is 7.11. The molecule has 2 N–H and O–H groups in total. The van der Waals surface area contributed by atoms with Crippen molar-refractivity contribution in [2.24, 2.45) is 0 Å². The summed E-state index contributed by atoms with van der Waals surface area (Å²) in [5.74, 6) is -2.32. The molecule has 1 unspecified atom stereocenters. The molecule has 0 aromatic heterocycles. The maximum Gasteiger partial charge on any atom is 0.326 e. The van der Waals surface area contributed by atoms with Gasteiger partial charge in [0.2, 0.25) is 5.91 Å². The summed E-state index contributed by atoms with van der Waals surface area (Å²) >= 11 is 5.82. The quantitative estimate of drug-likeness (QED) is 0.719. The van der Waals surface area contributed by atoms with Gasteiger partial charge in [-0.25, -0.2) is 9.18 Å². The number of benzene rings is 1. The lowest BCUT2D eigenvalue weighted by Gasteiger charge is -2.14. The zero-order chi connectivity index (χ0) is 15.8. The van der Waals surface area contributed by atoms with Crippen molar-refractivity contribution in [2.45, 2.75) is 25.3 Å². The van der Waals surface area contributed by atoms with Gasteiger partial charge in [-0.05, 0) is 25.0 Å². The van der Waals surface area contributed by atoms with Crippen LogP contribution in [-0.2, 0) is 20.7 Å². The van der Waals surface area contributed by atoms with E-state index in [0.717, 1.165) is 0 Å². The van der Waals surface area contributed by atoms with E-state index < -0.39 is 23.7 Å². The van der Waals surface area contributed by atoms with Gasteiger partial charge < -0.3 is 15.2 Å². The Labute approximate surface area is 127 Å². The molecule has 0 spiro atoms. The molecule has 1 atom stereocenters. The highest BCUT2D eigenvalue weighted by Gasteiger charge is 2.20. The zero-order valence-corrected chi connectivity index (χ0v) is 12.3. The first-order valence-corrected chi connectivity index (χ1v) is 6.77. The summed E-state index contributed by atoms with van der Waals surface area (Å²) in [5.41, 5.74) is 0.0534. The fourth-order valence-corrected chi connectivity index (χ4v) is 2.03. The van der Waals surface area contributed by atoms with Crippen LogP contribution in [0.4, 0.5) is 4.39 Å². The van der Waals surface area contributed by atoms with Crippen LogP contribution >= 0.6 is 11.6 Å². The highest BCUT2D eigenvalue weighted by Crippen LogP contribution is 2.19. The van der Waals surface area contributed by atoms with Crippen LogP contribution in [0.3, 0.4) is 0 Å². The van der Waals surface area contributed by atoms with E-state index in [0.29, 0.717) is 13.0 Å². The molecule has 1 aromatic rings. The molecular weight excluding hydrogens is 301 g/mol. The number of carboxylic acids is 1. The van der Waals surface area contributed by atoms with Gasteiger partial charge in [0.15, 0.2) is 0 Å². The smallest absolute Gasteiger partial charge is 0.326 e. The summed E-state index contributed by atoms with van der Waals surface area (Å²) < 4.78 is 18.4. The van der Waals surface area contributed by atoms with Crippen molar-refractivity contribution in [3.63, 3.8) is 0 Å². The van der Waals surface area contributed by atoms with E-state index in [4.69, 9.17) is 21.4 Å². The van der Waals surface area contributed by atoms with Gasteiger partial charge in [-0.3, -0.25) is 4.79 Å². The normalized spacial score (nSPS) is 12.0. The molecule has 5 nitrogen and oxygen atoms in total. The van der Waals surface area contributed by atoms with Crippen molar-refractivity contribution in [3.8, 4) is 0 Å². The molecule has 1 amide bonds. The first kappa shape index (κ1) is 17.4. The van der Waals surface area contributed by atoms with E-state index in [2.05, 4.69) is 5.32 Å². The molecule has 0 radical (unpaired) electrons. The second-order valence-electron chi connectivity index (χ2n) is 4.47. The van der Waals surface area contributed by atoms with Gasteiger partial charge in [0.1, 0.15) is 11.9 Å². The number of carbonyl (C=O) groups excluding carboxylic acids is 1. The van der Waals surface area contributed by atoms with Gasteiger partial charge in [-0.15, -0.1) is 0 Å². The molecule has 1 aromatic carbocycles. The fraction of sp³-hybridized carbons (Fsp3) is 0.429. The first-order valence-electron chi connectivity index (χ1n) is 6.39. The Morgan fingerprint density at radius 2 is 2.19 bits per heavy atom. The topological polar surface area (TPSA) is 75.6 Å². The maximum atomic E-state index is 13.6. The minimum atomic E-state index is -1.14. The standard InChI is InChI=1S/C14H17ClFNO4/c1-21-7-3-6-12(14(19)20)17-13(18)8-9-10(15)4-2-5-11(9)16/h2,4-5,12H,3,6-8H2,1H3,(H,17,18)(H,19,20). The number of methoxy groups -OCH3 is 1. The number of aliphatic carboxylic acids is 1. The van der Waals surface area contributed by atoms with E-state index in [1.807, 2.05) is 0 Å². The molecule has 0 fully saturated rings. The second kappa shape index (κ2) is 8.59. The highest BCUT2D eigenvalue weighted by molar-refractivity contribution is 6.31. The SMILES string of the molecule is COCCCC(NC(=O)Cc1c(F)cccc1Cl)C(=O)O. The maximum absolute atomic E-state index is 13.6. The molecule has 0 aliphatic carbocycles. The minimum Gasteiger partial charge on any atom is -0.480 e. The Bertz CT molecular complexity index is 489. The average molecular weight is 318 g/mol. The first-order chi connectivity index (χ1) is 9.95. The lowest BCUT2D eigenvalue weighted by Crippen LogP contribution is -2.41. The molecule has 0 heterocycles. The highest BCUT2D eigenvalue weighted by atomic mass is 35.5. The van der Waals surface area contributed by atoms with Crippen LogP contribution in [0.1, 0.15) is 18.4 Å². The number of hydrogen-bond acceptors (Lipinski definition) is 3. The Morgan fingerprint density at radius 1 is 1.48 bits per heavy atom. The van der Waals surface area contributed by atoms with Crippen LogP contribution in [0.15, 0.2) is 18.2 Å². The van der Waals surface area contributed by atoms with Gasteiger partial charge in [-0.1, -0.05) is 17.7 Å². The molecule has 7 heteroatoms. The lowest BCUT2D eigenvalue weighted by atomic mass is 10.1. The van der Waals surface area contributed by atoms with E-state index >= 15 is 0 Å². The predicted octanol–water partition coefficient (Wildman–Crippen LogP) is 2.02. The molecule has 21 heavy (non-hydrogen) atoms. The van der Waals surface area contributed by atoms with Crippen molar-refractivity contribution >= 4 is 23.5 Å². The summed E-state index contributed by atoms with van der Waals surface area (Å²) in [7, 11) is 1.51. The van der Waals surface area contributed by atoms with Gasteiger partial charge in [0, 0.05) is 24.3 Å². The van der Waals surface area contributed by atoms with Gasteiger partial charge >= 0.3 is 5.97 Å². The third-order valence-electron chi connectivity index (χ3n) is 2.87. The molecular formula is C14H17ClFNO4. The van der Waals surface area contributed by atoms with Gasteiger partial charge in [0.25, 0.3) is 0 Å². The zero-order valence-electron chi connectivity index (χ0n) is 11.6. The number of ether oxygens (including phenoxy) is 1.